The summed E-state index contributed by atoms with van der Waals surface area (Å²) in [5.74, 6) is -0.465. The maximum atomic E-state index is 14.0. The Labute approximate surface area is 109 Å². The molecule has 1 rings (SSSR count). The fraction of sp³-hybridized carbons (Fsp3) is 0.533. The van der Waals surface area contributed by atoms with Gasteiger partial charge in [-0.05, 0) is 37.5 Å². The van der Waals surface area contributed by atoms with Gasteiger partial charge in [-0.25, -0.2) is 4.39 Å². The maximum absolute atomic E-state index is 14.0. The molecule has 0 N–H and O–H groups in total. The Kier molecular flexibility index (Phi) is 4.15. The summed E-state index contributed by atoms with van der Waals surface area (Å²) in [4.78, 5) is 13.1. The van der Waals surface area contributed by atoms with Crippen molar-refractivity contribution < 1.29 is 9.18 Å². The van der Waals surface area contributed by atoms with Crippen molar-refractivity contribution in [3.05, 3.63) is 29.6 Å². The summed E-state index contributed by atoms with van der Waals surface area (Å²) < 4.78 is 14.0. The minimum absolute atomic E-state index is 0.0560. The number of halogens is 1. The van der Waals surface area contributed by atoms with E-state index in [1.807, 2.05) is 11.9 Å². The van der Waals surface area contributed by atoms with E-state index in [2.05, 4.69) is 27.7 Å². The monoisotopic (exact) mass is 251 g/mol. The number of nitrogens with zero attached hydrogens (tertiary/aromatic N) is 1. The van der Waals surface area contributed by atoms with E-state index >= 15 is 0 Å². The van der Waals surface area contributed by atoms with Gasteiger partial charge in [0.2, 0.25) is 0 Å². The number of rotatable bonds is 3. The van der Waals surface area contributed by atoms with E-state index in [9.17, 15) is 9.18 Å². The van der Waals surface area contributed by atoms with Crippen LogP contribution in [0.3, 0.4) is 0 Å². The topological polar surface area (TPSA) is 20.3 Å². The van der Waals surface area contributed by atoms with Crippen LogP contribution in [0.5, 0.6) is 0 Å². The molecule has 0 aliphatic heterocycles. The summed E-state index contributed by atoms with van der Waals surface area (Å²) in [5.41, 5.74) is 0.996. The van der Waals surface area contributed by atoms with Gasteiger partial charge >= 0.3 is 0 Å². The molecule has 0 saturated heterocycles. The summed E-state index contributed by atoms with van der Waals surface area (Å²) in [5, 5.41) is 0. The summed E-state index contributed by atoms with van der Waals surface area (Å²) in [6.07, 6.45) is 0. The molecule has 100 valence electrons. The first-order valence-corrected chi connectivity index (χ1v) is 6.18. The third-order valence-corrected chi connectivity index (χ3v) is 3.57. The van der Waals surface area contributed by atoms with Crippen LogP contribution in [0.25, 0.3) is 0 Å². The molecule has 1 unspecified atom stereocenters. The molecule has 0 fully saturated rings. The lowest BCUT2D eigenvalue weighted by Gasteiger charge is -2.37. The molecular weight excluding hydrogens is 229 g/mol. The first-order valence-electron chi connectivity index (χ1n) is 6.18. The summed E-state index contributed by atoms with van der Waals surface area (Å²) in [6.45, 7) is 9.87. The SMILES string of the molecule is CC(=O)c1ccc(N(C)C(C)C(C)(C)C)c(F)c1. The number of ketones is 1. The second kappa shape index (κ2) is 5.09. The van der Waals surface area contributed by atoms with Gasteiger partial charge < -0.3 is 4.90 Å². The average molecular weight is 251 g/mol. The molecule has 0 aliphatic rings. The highest BCUT2D eigenvalue weighted by atomic mass is 19.1. The van der Waals surface area contributed by atoms with Crippen molar-refractivity contribution in [2.75, 3.05) is 11.9 Å². The molecule has 0 saturated carbocycles. The van der Waals surface area contributed by atoms with Crippen molar-refractivity contribution in [3.63, 3.8) is 0 Å². The van der Waals surface area contributed by atoms with Crippen molar-refractivity contribution >= 4 is 11.5 Å². The Bertz CT molecular complexity index is 448. The Morgan fingerprint density at radius 2 is 1.89 bits per heavy atom. The zero-order chi connectivity index (χ0) is 14.1. The van der Waals surface area contributed by atoms with Crippen molar-refractivity contribution in [1.29, 1.82) is 0 Å². The van der Waals surface area contributed by atoms with Crippen LogP contribution in [-0.2, 0) is 0 Å². The number of benzene rings is 1. The highest BCUT2D eigenvalue weighted by molar-refractivity contribution is 5.94. The van der Waals surface area contributed by atoms with E-state index in [4.69, 9.17) is 0 Å². The van der Waals surface area contributed by atoms with Crippen molar-refractivity contribution in [3.8, 4) is 0 Å². The van der Waals surface area contributed by atoms with Gasteiger partial charge in [-0.15, -0.1) is 0 Å². The Morgan fingerprint density at radius 3 is 2.28 bits per heavy atom. The van der Waals surface area contributed by atoms with Crippen LogP contribution in [0.1, 0.15) is 45.0 Å². The highest BCUT2D eigenvalue weighted by Crippen LogP contribution is 2.29. The zero-order valence-corrected chi connectivity index (χ0v) is 12.0. The molecule has 1 aromatic rings. The molecule has 0 heterocycles. The lowest BCUT2D eigenvalue weighted by Crippen LogP contribution is -2.39. The smallest absolute Gasteiger partial charge is 0.159 e. The van der Waals surface area contributed by atoms with Crippen LogP contribution >= 0.6 is 0 Å². The molecule has 1 atom stereocenters. The summed E-state index contributed by atoms with van der Waals surface area (Å²) in [6, 6.07) is 4.85. The summed E-state index contributed by atoms with van der Waals surface area (Å²) in [7, 11) is 1.88. The first kappa shape index (κ1) is 14.7. The number of hydrogen-bond acceptors (Lipinski definition) is 2. The Morgan fingerprint density at radius 1 is 1.33 bits per heavy atom. The lowest BCUT2D eigenvalue weighted by atomic mass is 9.87. The van der Waals surface area contributed by atoms with Gasteiger partial charge in [0.15, 0.2) is 5.78 Å². The largest absolute Gasteiger partial charge is 0.369 e. The van der Waals surface area contributed by atoms with Crippen LogP contribution in [0.15, 0.2) is 18.2 Å². The molecule has 2 nitrogen and oxygen atoms in total. The van der Waals surface area contributed by atoms with Crippen LogP contribution in [0, 0.1) is 11.2 Å². The molecule has 0 radical (unpaired) electrons. The van der Waals surface area contributed by atoms with Gasteiger partial charge in [0.25, 0.3) is 0 Å². The standard InChI is InChI=1S/C15H22FNO/c1-10(18)12-7-8-14(13(16)9-12)17(6)11(2)15(3,4)5/h7-9,11H,1-6H3. The molecule has 1 aromatic carbocycles. The number of anilines is 1. The Hall–Kier alpha value is -1.38. The molecule has 0 aliphatic carbocycles. The van der Waals surface area contributed by atoms with Crippen LogP contribution in [0.2, 0.25) is 0 Å². The molecule has 18 heavy (non-hydrogen) atoms. The van der Waals surface area contributed by atoms with Gasteiger partial charge in [0.1, 0.15) is 5.82 Å². The predicted octanol–water partition coefficient (Wildman–Crippen LogP) is 3.90. The highest BCUT2D eigenvalue weighted by Gasteiger charge is 2.25. The Balaban J connectivity index is 3.08. The molecule has 0 bridgehead atoms. The number of carbonyl (C=O) groups is 1. The minimum Gasteiger partial charge on any atom is -0.369 e. The first-order chi connectivity index (χ1) is 8.14. The average Bonchev–Trinajstić information content (AvgIpc) is 2.25. The van der Waals surface area contributed by atoms with E-state index in [0.717, 1.165) is 0 Å². The third-order valence-electron chi connectivity index (χ3n) is 3.57. The van der Waals surface area contributed by atoms with Crippen molar-refractivity contribution in [2.24, 2.45) is 5.41 Å². The fourth-order valence-electron chi connectivity index (χ4n) is 1.80. The van der Waals surface area contributed by atoms with E-state index in [-0.39, 0.29) is 23.1 Å². The second-order valence-corrected chi connectivity index (χ2v) is 5.88. The number of carbonyl (C=O) groups excluding carboxylic acids is 1. The number of hydrogen-bond donors (Lipinski definition) is 0. The molecule has 0 amide bonds. The summed E-state index contributed by atoms with van der Waals surface area (Å²) >= 11 is 0. The van der Waals surface area contributed by atoms with Gasteiger partial charge in [-0.3, -0.25) is 4.79 Å². The van der Waals surface area contributed by atoms with E-state index in [0.29, 0.717) is 11.3 Å². The lowest BCUT2D eigenvalue weighted by molar-refractivity contribution is 0.101. The van der Waals surface area contributed by atoms with Crippen LogP contribution < -0.4 is 4.90 Å². The minimum atomic E-state index is -0.346. The van der Waals surface area contributed by atoms with Gasteiger partial charge in [-0.1, -0.05) is 20.8 Å². The van der Waals surface area contributed by atoms with Gasteiger partial charge in [0, 0.05) is 18.7 Å². The van der Waals surface area contributed by atoms with Crippen LogP contribution in [0.4, 0.5) is 10.1 Å². The van der Waals surface area contributed by atoms with E-state index < -0.39 is 0 Å². The van der Waals surface area contributed by atoms with E-state index in [1.54, 1.807) is 12.1 Å². The van der Waals surface area contributed by atoms with Gasteiger partial charge in [-0.2, -0.15) is 0 Å². The third kappa shape index (κ3) is 3.09. The predicted molar refractivity (Wildman–Crippen MR) is 73.7 cm³/mol. The molecule has 0 spiro atoms. The fourth-order valence-corrected chi connectivity index (χ4v) is 1.80. The van der Waals surface area contributed by atoms with Gasteiger partial charge in [0.05, 0.1) is 5.69 Å². The second-order valence-electron chi connectivity index (χ2n) is 5.88. The normalized spacial score (nSPS) is 13.3. The quantitative estimate of drug-likeness (QED) is 0.759. The zero-order valence-electron chi connectivity index (χ0n) is 12.0. The van der Waals surface area contributed by atoms with Crippen LogP contribution in [-0.4, -0.2) is 18.9 Å². The van der Waals surface area contributed by atoms with Crippen molar-refractivity contribution in [2.45, 2.75) is 40.7 Å². The molecular formula is C15H22FNO. The van der Waals surface area contributed by atoms with Crippen molar-refractivity contribution in [1.82, 2.24) is 0 Å². The molecule has 0 aromatic heterocycles. The number of Topliss-reactive ketones (excluding diaryl/α,β-unsaturated/α-hetero) is 1. The van der Waals surface area contributed by atoms with E-state index in [1.165, 1.54) is 13.0 Å². The molecule has 3 heteroatoms. The maximum Gasteiger partial charge on any atom is 0.159 e.